The molecule has 2 aromatic rings. The standard InChI is InChI=1S/C17H24N4S.ClH/c1-20(13-16-11-19-17(18)22-16)15-7-9-21(10-8-15)12-14-5-3-2-4-6-14;/h2-6,11,15H,7-10,12-13H2,1H3,(H2,18,19);1H. The van der Waals surface area contributed by atoms with E-state index in [4.69, 9.17) is 5.73 Å². The summed E-state index contributed by atoms with van der Waals surface area (Å²) in [4.78, 5) is 10.4. The summed E-state index contributed by atoms with van der Waals surface area (Å²) < 4.78 is 0. The van der Waals surface area contributed by atoms with Crippen LogP contribution in [0, 0.1) is 0 Å². The Labute approximate surface area is 148 Å². The first-order chi connectivity index (χ1) is 10.7. The summed E-state index contributed by atoms with van der Waals surface area (Å²) in [5, 5.41) is 0.668. The number of nitrogens with two attached hydrogens (primary N) is 1. The van der Waals surface area contributed by atoms with Gasteiger partial charge in [-0.05, 0) is 38.5 Å². The van der Waals surface area contributed by atoms with Gasteiger partial charge in [-0.3, -0.25) is 9.80 Å². The molecule has 4 nitrogen and oxygen atoms in total. The SMILES string of the molecule is CN(Cc1cnc(N)s1)C1CCN(Cc2ccccc2)CC1.Cl. The third kappa shape index (κ3) is 5.18. The first-order valence-electron chi connectivity index (χ1n) is 7.87. The number of hydrogen-bond donors (Lipinski definition) is 1. The predicted molar refractivity (Wildman–Crippen MR) is 100.0 cm³/mol. The third-order valence-electron chi connectivity index (χ3n) is 4.41. The molecule has 126 valence electrons. The van der Waals surface area contributed by atoms with Crippen LogP contribution in [0.3, 0.4) is 0 Å². The molecule has 6 heteroatoms. The molecule has 1 saturated heterocycles. The van der Waals surface area contributed by atoms with Gasteiger partial charge in [-0.15, -0.1) is 23.7 Å². The van der Waals surface area contributed by atoms with Gasteiger partial charge in [-0.2, -0.15) is 0 Å². The minimum absolute atomic E-state index is 0. The molecule has 0 aliphatic carbocycles. The maximum absolute atomic E-state index is 5.71. The number of aromatic nitrogens is 1. The number of likely N-dealkylation sites (tertiary alicyclic amines) is 1. The van der Waals surface area contributed by atoms with E-state index in [1.807, 2.05) is 6.20 Å². The number of thiazole rings is 1. The molecule has 1 fully saturated rings. The van der Waals surface area contributed by atoms with Gasteiger partial charge in [0.15, 0.2) is 5.13 Å². The van der Waals surface area contributed by atoms with Crippen LogP contribution in [-0.2, 0) is 13.1 Å². The van der Waals surface area contributed by atoms with E-state index in [1.165, 1.54) is 36.4 Å². The van der Waals surface area contributed by atoms with Crippen molar-refractivity contribution in [2.24, 2.45) is 0 Å². The van der Waals surface area contributed by atoms with Crippen molar-refractivity contribution in [1.82, 2.24) is 14.8 Å². The molecule has 1 aromatic carbocycles. The van der Waals surface area contributed by atoms with E-state index >= 15 is 0 Å². The zero-order valence-electron chi connectivity index (χ0n) is 13.5. The molecule has 1 aromatic heterocycles. The molecule has 1 aliphatic heterocycles. The summed E-state index contributed by atoms with van der Waals surface area (Å²) in [5.74, 6) is 0. The largest absolute Gasteiger partial charge is 0.375 e. The summed E-state index contributed by atoms with van der Waals surface area (Å²) >= 11 is 1.60. The van der Waals surface area contributed by atoms with Gasteiger partial charge < -0.3 is 5.73 Å². The van der Waals surface area contributed by atoms with Crippen LogP contribution >= 0.6 is 23.7 Å². The van der Waals surface area contributed by atoms with E-state index in [2.05, 4.69) is 52.2 Å². The van der Waals surface area contributed by atoms with Gasteiger partial charge in [0.2, 0.25) is 0 Å². The Morgan fingerprint density at radius 1 is 1.26 bits per heavy atom. The van der Waals surface area contributed by atoms with Crippen molar-refractivity contribution in [2.45, 2.75) is 32.0 Å². The van der Waals surface area contributed by atoms with Crippen LogP contribution in [0.2, 0.25) is 0 Å². The average molecular weight is 353 g/mol. The Hall–Kier alpha value is -1.14. The van der Waals surface area contributed by atoms with Gasteiger partial charge in [0.05, 0.1) is 0 Å². The lowest BCUT2D eigenvalue weighted by Gasteiger charge is -2.36. The zero-order valence-corrected chi connectivity index (χ0v) is 15.2. The summed E-state index contributed by atoms with van der Waals surface area (Å²) in [7, 11) is 2.22. The smallest absolute Gasteiger partial charge is 0.180 e. The van der Waals surface area contributed by atoms with Crippen LogP contribution in [0.4, 0.5) is 5.13 Å². The Morgan fingerprint density at radius 3 is 2.57 bits per heavy atom. The van der Waals surface area contributed by atoms with Gasteiger partial charge in [-0.25, -0.2) is 4.98 Å². The van der Waals surface area contributed by atoms with Crippen LogP contribution in [0.5, 0.6) is 0 Å². The van der Waals surface area contributed by atoms with E-state index in [0.29, 0.717) is 11.2 Å². The minimum Gasteiger partial charge on any atom is -0.375 e. The van der Waals surface area contributed by atoms with E-state index in [9.17, 15) is 0 Å². The van der Waals surface area contributed by atoms with Crippen LogP contribution in [0.1, 0.15) is 23.3 Å². The first-order valence-corrected chi connectivity index (χ1v) is 8.69. The average Bonchev–Trinajstić information content (AvgIpc) is 2.94. The lowest BCUT2D eigenvalue weighted by molar-refractivity contribution is 0.120. The molecule has 0 bridgehead atoms. The van der Waals surface area contributed by atoms with Crippen molar-refractivity contribution in [3.05, 3.63) is 47.0 Å². The molecule has 0 spiro atoms. The van der Waals surface area contributed by atoms with Gasteiger partial charge in [0, 0.05) is 30.2 Å². The second kappa shape index (κ2) is 8.64. The molecule has 2 N–H and O–H groups in total. The number of nitrogens with zero attached hydrogens (tertiary/aromatic N) is 3. The highest BCUT2D eigenvalue weighted by Gasteiger charge is 2.22. The second-order valence-corrected chi connectivity index (χ2v) is 7.22. The number of benzene rings is 1. The number of rotatable bonds is 5. The number of nitrogen functional groups attached to an aromatic ring is 1. The lowest BCUT2D eigenvalue weighted by atomic mass is 10.0. The van der Waals surface area contributed by atoms with Gasteiger partial charge in [-0.1, -0.05) is 30.3 Å². The van der Waals surface area contributed by atoms with Crippen molar-refractivity contribution in [1.29, 1.82) is 0 Å². The highest BCUT2D eigenvalue weighted by atomic mass is 35.5. The summed E-state index contributed by atoms with van der Waals surface area (Å²) in [6.45, 7) is 4.38. The molecule has 0 radical (unpaired) electrons. The van der Waals surface area contributed by atoms with Crippen molar-refractivity contribution >= 4 is 28.9 Å². The topological polar surface area (TPSA) is 45.4 Å². The number of piperidine rings is 1. The maximum Gasteiger partial charge on any atom is 0.180 e. The molecule has 0 saturated carbocycles. The van der Waals surface area contributed by atoms with Crippen molar-refractivity contribution < 1.29 is 0 Å². The molecule has 0 atom stereocenters. The number of halogens is 1. The van der Waals surface area contributed by atoms with Crippen molar-refractivity contribution in [2.75, 3.05) is 25.9 Å². The molecule has 3 rings (SSSR count). The monoisotopic (exact) mass is 352 g/mol. The summed E-state index contributed by atoms with van der Waals surface area (Å²) in [6.07, 6.45) is 4.37. The first kappa shape index (κ1) is 18.2. The van der Waals surface area contributed by atoms with Crippen LogP contribution in [-0.4, -0.2) is 41.0 Å². The fourth-order valence-corrected chi connectivity index (χ4v) is 3.88. The lowest BCUT2D eigenvalue weighted by Crippen LogP contribution is -2.42. The molecular weight excluding hydrogens is 328 g/mol. The molecule has 1 aliphatic rings. The number of anilines is 1. The molecule has 2 heterocycles. The molecule has 0 unspecified atom stereocenters. The Kier molecular flexibility index (Phi) is 6.84. The van der Waals surface area contributed by atoms with Crippen molar-refractivity contribution in [3.63, 3.8) is 0 Å². The fraction of sp³-hybridized carbons (Fsp3) is 0.471. The fourth-order valence-electron chi connectivity index (χ4n) is 3.13. The molecule has 23 heavy (non-hydrogen) atoms. The Morgan fingerprint density at radius 2 is 1.96 bits per heavy atom. The van der Waals surface area contributed by atoms with Gasteiger partial charge in [0.1, 0.15) is 0 Å². The van der Waals surface area contributed by atoms with E-state index in [-0.39, 0.29) is 12.4 Å². The van der Waals surface area contributed by atoms with Gasteiger partial charge >= 0.3 is 0 Å². The van der Waals surface area contributed by atoms with Crippen LogP contribution in [0.25, 0.3) is 0 Å². The Bertz CT molecular complexity index is 581. The minimum atomic E-state index is 0. The van der Waals surface area contributed by atoms with Crippen LogP contribution < -0.4 is 5.73 Å². The zero-order chi connectivity index (χ0) is 15.4. The highest BCUT2D eigenvalue weighted by Crippen LogP contribution is 2.21. The van der Waals surface area contributed by atoms with E-state index in [1.54, 1.807) is 11.3 Å². The van der Waals surface area contributed by atoms with E-state index < -0.39 is 0 Å². The van der Waals surface area contributed by atoms with Crippen LogP contribution in [0.15, 0.2) is 36.5 Å². The maximum atomic E-state index is 5.71. The molecule has 0 amide bonds. The molecular formula is C17H25ClN4S. The van der Waals surface area contributed by atoms with E-state index in [0.717, 1.165) is 13.1 Å². The van der Waals surface area contributed by atoms with Gasteiger partial charge in [0.25, 0.3) is 0 Å². The predicted octanol–water partition coefficient (Wildman–Crippen LogP) is 3.24. The quantitative estimate of drug-likeness (QED) is 0.897. The normalized spacial score (nSPS) is 16.4. The Balaban J connectivity index is 0.00000192. The summed E-state index contributed by atoms with van der Waals surface area (Å²) in [6, 6.07) is 11.4. The third-order valence-corrected chi connectivity index (χ3v) is 5.22. The van der Waals surface area contributed by atoms with Crippen molar-refractivity contribution in [3.8, 4) is 0 Å². The summed E-state index contributed by atoms with van der Waals surface area (Å²) in [5.41, 5.74) is 7.12. The highest BCUT2D eigenvalue weighted by molar-refractivity contribution is 7.15. The second-order valence-electron chi connectivity index (χ2n) is 6.07. The number of hydrogen-bond acceptors (Lipinski definition) is 5.